The van der Waals surface area contributed by atoms with Crippen molar-refractivity contribution in [2.45, 2.75) is 19.9 Å². The third-order valence-electron chi connectivity index (χ3n) is 4.11. The third-order valence-corrected chi connectivity index (χ3v) is 4.71. The Morgan fingerprint density at radius 3 is 2.33 bits per heavy atom. The standard InChI is InChI=1S/C21H22F2N6O3S/c1-12(2)25-20(30)13-8-9-14(22)18(10-13)27-21-24-11-15(23)19(28-21)26-16-6-4-5-7-17(16)29-33(3,31)32/h4-12,29H,1-3H3,(H,25,30)(H2,24,26,27,28). The molecule has 0 aliphatic heterocycles. The van der Waals surface area contributed by atoms with Gasteiger partial charge in [-0.3, -0.25) is 9.52 Å². The van der Waals surface area contributed by atoms with E-state index in [1.54, 1.807) is 26.0 Å². The Balaban J connectivity index is 1.87. The zero-order valence-electron chi connectivity index (χ0n) is 18.0. The lowest BCUT2D eigenvalue weighted by molar-refractivity contribution is 0.0943. The average Bonchev–Trinajstić information content (AvgIpc) is 2.72. The molecule has 0 aliphatic carbocycles. The van der Waals surface area contributed by atoms with E-state index in [-0.39, 0.29) is 46.3 Å². The van der Waals surface area contributed by atoms with Gasteiger partial charge in [-0.25, -0.2) is 22.2 Å². The van der Waals surface area contributed by atoms with E-state index in [0.29, 0.717) is 0 Å². The predicted octanol–water partition coefficient (Wildman–Crippen LogP) is 3.75. The number of hydrogen-bond acceptors (Lipinski definition) is 7. The van der Waals surface area contributed by atoms with Crippen LogP contribution in [0.4, 0.5) is 37.6 Å². The fourth-order valence-corrected chi connectivity index (χ4v) is 3.33. The van der Waals surface area contributed by atoms with Crippen LogP contribution in [0.3, 0.4) is 0 Å². The topological polar surface area (TPSA) is 125 Å². The summed E-state index contributed by atoms with van der Waals surface area (Å²) in [6.07, 6.45) is 1.86. The summed E-state index contributed by atoms with van der Waals surface area (Å²) in [4.78, 5) is 20.0. The van der Waals surface area contributed by atoms with E-state index >= 15 is 0 Å². The summed E-state index contributed by atoms with van der Waals surface area (Å²) >= 11 is 0. The number of anilines is 5. The van der Waals surface area contributed by atoms with Crippen molar-refractivity contribution in [3.05, 3.63) is 65.9 Å². The molecule has 0 radical (unpaired) electrons. The number of amides is 1. The Morgan fingerprint density at radius 2 is 1.67 bits per heavy atom. The second-order valence-electron chi connectivity index (χ2n) is 7.38. The lowest BCUT2D eigenvalue weighted by Gasteiger charge is -2.14. The van der Waals surface area contributed by atoms with Gasteiger partial charge in [0.05, 0.1) is 29.5 Å². The molecule has 4 N–H and O–H groups in total. The van der Waals surface area contributed by atoms with E-state index in [1.807, 2.05) is 0 Å². The van der Waals surface area contributed by atoms with Crippen molar-refractivity contribution in [3.63, 3.8) is 0 Å². The monoisotopic (exact) mass is 476 g/mol. The van der Waals surface area contributed by atoms with E-state index in [2.05, 4.69) is 30.6 Å². The molecule has 3 aromatic rings. The van der Waals surface area contributed by atoms with E-state index in [9.17, 15) is 22.0 Å². The van der Waals surface area contributed by atoms with Gasteiger partial charge in [-0.15, -0.1) is 0 Å². The van der Waals surface area contributed by atoms with Crippen LogP contribution in [-0.2, 0) is 10.0 Å². The summed E-state index contributed by atoms with van der Waals surface area (Å²) in [6.45, 7) is 3.59. The van der Waals surface area contributed by atoms with Crippen LogP contribution in [0.25, 0.3) is 0 Å². The van der Waals surface area contributed by atoms with Crippen LogP contribution in [0.15, 0.2) is 48.7 Å². The number of nitrogens with one attached hydrogen (secondary N) is 4. The van der Waals surface area contributed by atoms with Crippen LogP contribution in [0.2, 0.25) is 0 Å². The summed E-state index contributed by atoms with van der Waals surface area (Å²) < 4.78 is 54.2. The number of carbonyl (C=O) groups excluding carboxylic acids is 1. The quantitative estimate of drug-likeness (QED) is 0.390. The molecule has 0 saturated carbocycles. The minimum absolute atomic E-state index is 0.0805. The van der Waals surface area contributed by atoms with Crippen LogP contribution in [-0.4, -0.2) is 36.6 Å². The molecule has 0 fully saturated rings. The lowest BCUT2D eigenvalue weighted by atomic mass is 10.1. The molecule has 1 amide bonds. The van der Waals surface area contributed by atoms with E-state index < -0.39 is 21.7 Å². The highest BCUT2D eigenvalue weighted by atomic mass is 32.2. The van der Waals surface area contributed by atoms with Gasteiger partial charge in [0.25, 0.3) is 5.91 Å². The predicted molar refractivity (Wildman–Crippen MR) is 122 cm³/mol. The smallest absolute Gasteiger partial charge is 0.251 e. The van der Waals surface area contributed by atoms with Crippen molar-refractivity contribution < 1.29 is 22.0 Å². The number of nitrogens with zero attached hydrogens (tertiary/aromatic N) is 2. The molecule has 0 spiro atoms. The van der Waals surface area contributed by atoms with Crippen molar-refractivity contribution in [1.82, 2.24) is 15.3 Å². The van der Waals surface area contributed by atoms with Crippen LogP contribution >= 0.6 is 0 Å². The van der Waals surface area contributed by atoms with Crippen LogP contribution < -0.4 is 20.7 Å². The van der Waals surface area contributed by atoms with Crippen molar-refractivity contribution in [2.75, 3.05) is 21.6 Å². The molecule has 0 unspecified atom stereocenters. The molecule has 0 saturated heterocycles. The Morgan fingerprint density at radius 1 is 0.970 bits per heavy atom. The van der Waals surface area contributed by atoms with Crippen LogP contribution in [0.1, 0.15) is 24.2 Å². The zero-order chi connectivity index (χ0) is 24.2. The largest absolute Gasteiger partial charge is 0.350 e. The molecular formula is C21H22F2N6O3S. The Labute approximate surface area is 189 Å². The van der Waals surface area contributed by atoms with Gasteiger partial charge in [0.1, 0.15) is 5.82 Å². The summed E-state index contributed by atoms with van der Waals surface area (Å²) in [5, 5.41) is 8.04. The number of hydrogen-bond donors (Lipinski definition) is 4. The van der Waals surface area contributed by atoms with Gasteiger partial charge < -0.3 is 16.0 Å². The Kier molecular flexibility index (Phi) is 7.07. The molecule has 0 atom stereocenters. The maximum absolute atomic E-state index is 14.4. The van der Waals surface area contributed by atoms with Crippen LogP contribution in [0.5, 0.6) is 0 Å². The van der Waals surface area contributed by atoms with Crippen molar-refractivity contribution >= 4 is 44.8 Å². The number of para-hydroxylation sites is 2. The summed E-state index contributed by atoms with van der Waals surface area (Å²) in [7, 11) is -3.58. The van der Waals surface area contributed by atoms with Gasteiger partial charge >= 0.3 is 0 Å². The molecule has 1 aromatic heterocycles. The first-order chi connectivity index (χ1) is 15.5. The fraction of sp³-hybridized carbons (Fsp3) is 0.190. The normalized spacial score (nSPS) is 11.2. The molecule has 3 rings (SSSR count). The zero-order valence-corrected chi connectivity index (χ0v) is 18.8. The molecule has 12 heteroatoms. The number of sulfonamides is 1. The van der Waals surface area contributed by atoms with E-state index in [4.69, 9.17) is 0 Å². The molecular weight excluding hydrogens is 454 g/mol. The maximum Gasteiger partial charge on any atom is 0.251 e. The molecule has 0 aliphatic rings. The second kappa shape index (κ2) is 9.77. The molecule has 9 nitrogen and oxygen atoms in total. The summed E-state index contributed by atoms with van der Waals surface area (Å²) in [5.41, 5.74) is 0.560. The number of halogens is 2. The minimum Gasteiger partial charge on any atom is -0.350 e. The van der Waals surface area contributed by atoms with Gasteiger partial charge in [-0.05, 0) is 44.2 Å². The highest BCUT2D eigenvalue weighted by Crippen LogP contribution is 2.27. The number of aromatic nitrogens is 2. The number of benzene rings is 2. The number of rotatable bonds is 8. The number of carbonyl (C=O) groups is 1. The molecule has 0 bridgehead atoms. The Hall–Kier alpha value is -3.80. The van der Waals surface area contributed by atoms with E-state index in [1.165, 1.54) is 24.3 Å². The average molecular weight is 477 g/mol. The Bertz CT molecular complexity index is 1280. The molecule has 1 heterocycles. The third kappa shape index (κ3) is 6.59. The highest BCUT2D eigenvalue weighted by Gasteiger charge is 2.15. The van der Waals surface area contributed by atoms with Gasteiger partial charge in [0.2, 0.25) is 16.0 Å². The molecule has 33 heavy (non-hydrogen) atoms. The molecule has 174 valence electrons. The lowest BCUT2D eigenvalue weighted by Crippen LogP contribution is -2.30. The SMILES string of the molecule is CC(C)NC(=O)c1ccc(F)c(Nc2ncc(F)c(Nc3ccccc3NS(C)(=O)=O)n2)c1. The summed E-state index contributed by atoms with van der Waals surface area (Å²) in [6, 6.07) is 9.88. The van der Waals surface area contributed by atoms with E-state index in [0.717, 1.165) is 18.5 Å². The first-order valence-electron chi connectivity index (χ1n) is 9.75. The van der Waals surface area contributed by atoms with Gasteiger partial charge in [-0.2, -0.15) is 4.98 Å². The van der Waals surface area contributed by atoms with Crippen LogP contribution in [0, 0.1) is 11.6 Å². The fourth-order valence-electron chi connectivity index (χ4n) is 2.75. The van der Waals surface area contributed by atoms with Gasteiger partial charge in [0, 0.05) is 11.6 Å². The maximum atomic E-state index is 14.4. The first-order valence-corrected chi connectivity index (χ1v) is 11.6. The summed E-state index contributed by atoms with van der Waals surface area (Å²) in [5.74, 6) is -2.29. The first kappa shape index (κ1) is 23.9. The molecule has 2 aromatic carbocycles. The highest BCUT2D eigenvalue weighted by molar-refractivity contribution is 7.92. The van der Waals surface area contributed by atoms with Crippen molar-refractivity contribution in [3.8, 4) is 0 Å². The van der Waals surface area contributed by atoms with Crippen molar-refractivity contribution in [1.29, 1.82) is 0 Å². The van der Waals surface area contributed by atoms with Crippen molar-refractivity contribution in [2.24, 2.45) is 0 Å². The van der Waals surface area contributed by atoms with Gasteiger partial charge in [0.15, 0.2) is 11.6 Å². The van der Waals surface area contributed by atoms with Gasteiger partial charge in [-0.1, -0.05) is 12.1 Å². The minimum atomic E-state index is -3.58. The second-order valence-corrected chi connectivity index (χ2v) is 9.13.